The van der Waals surface area contributed by atoms with Crippen LogP contribution >= 0.6 is 11.6 Å². The van der Waals surface area contributed by atoms with Gasteiger partial charge in [0.1, 0.15) is 24.6 Å². The van der Waals surface area contributed by atoms with Crippen molar-refractivity contribution in [3.63, 3.8) is 0 Å². The first-order valence-electron chi connectivity index (χ1n) is 11.5. The second-order valence-electron chi connectivity index (χ2n) is 8.78. The maximum absolute atomic E-state index is 14.3. The Morgan fingerprint density at radius 1 is 1.19 bits per heavy atom. The molecule has 1 aromatic heterocycles. The third kappa shape index (κ3) is 5.34. The molecule has 0 radical (unpaired) electrons. The summed E-state index contributed by atoms with van der Waals surface area (Å²) >= 11 is 5.77. The summed E-state index contributed by atoms with van der Waals surface area (Å²) in [5.41, 5.74) is 1.22. The number of halogens is 3. The molecule has 1 N–H and O–H groups in total. The van der Waals surface area contributed by atoms with E-state index in [1.165, 1.54) is 49.1 Å². The van der Waals surface area contributed by atoms with Crippen LogP contribution < -0.4 is 5.32 Å². The molecule has 0 saturated carbocycles. The van der Waals surface area contributed by atoms with Crippen LogP contribution in [-0.4, -0.2) is 58.9 Å². The lowest BCUT2D eigenvalue weighted by molar-refractivity contribution is -0.139. The largest absolute Gasteiger partial charge is 0.465 e. The van der Waals surface area contributed by atoms with Crippen LogP contribution in [0, 0.1) is 5.82 Å². The van der Waals surface area contributed by atoms with Crippen molar-refractivity contribution in [3.8, 4) is 0 Å². The SMILES string of the molecule is COC(=O)c1ccc2c(c1)c(C(C)=O)cn2CC(=O)N1C[C@H](F)C[C@H]1C(=O)NCc1cccc(Cl)c1F. The van der Waals surface area contributed by atoms with Gasteiger partial charge >= 0.3 is 5.97 Å². The lowest BCUT2D eigenvalue weighted by Gasteiger charge is -2.24. The zero-order valence-electron chi connectivity index (χ0n) is 20.1. The predicted molar refractivity (Wildman–Crippen MR) is 132 cm³/mol. The summed E-state index contributed by atoms with van der Waals surface area (Å²) < 4.78 is 34.7. The molecule has 0 aliphatic carbocycles. The van der Waals surface area contributed by atoms with Crippen molar-refractivity contribution in [2.24, 2.45) is 0 Å². The highest BCUT2D eigenvalue weighted by atomic mass is 35.5. The van der Waals surface area contributed by atoms with E-state index >= 15 is 0 Å². The summed E-state index contributed by atoms with van der Waals surface area (Å²) in [5, 5.41) is 2.93. The van der Waals surface area contributed by atoms with Crippen molar-refractivity contribution in [1.82, 2.24) is 14.8 Å². The first-order valence-corrected chi connectivity index (χ1v) is 11.8. The quantitative estimate of drug-likeness (QED) is 0.370. The van der Waals surface area contributed by atoms with Crippen molar-refractivity contribution in [2.75, 3.05) is 13.7 Å². The Morgan fingerprint density at radius 2 is 1.95 bits per heavy atom. The number of carbonyl (C=O) groups excluding carboxylic acids is 4. The van der Waals surface area contributed by atoms with E-state index in [0.29, 0.717) is 16.5 Å². The number of nitrogens with one attached hydrogen (secondary N) is 1. The highest BCUT2D eigenvalue weighted by Gasteiger charge is 2.39. The van der Waals surface area contributed by atoms with Crippen LogP contribution in [0.2, 0.25) is 5.02 Å². The normalized spacial score (nSPS) is 17.2. The van der Waals surface area contributed by atoms with Gasteiger partial charge in [-0.1, -0.05) is 23.7 Å². The minimum atomic E-state index is -1.40. The molecule has 1 aliphatic heterocycles. The Hall–Kier alpha value is -3.79. The van der Waals surface area contributed by atoms with Crippen LogP contribution in [0.4, 0.5) is 8.78 Å². The Morgan fingerprint density at radius 3 is 2.65 bits per heavy atom. The molecule has 3 aromatic rings. The minimum absolute atomic E-state index is 0.0872. The standard InChI is InChI=1S/C26H24ClF2N3O5/c1-14(33)19-12-31(21-7-6-15(8-18(19)21)26(36)37-2)13-23(34)32-11-17(28)9-22(32)25(35)30-10-16-4-3-5-20(27)24(16)29/h3-8,12,17,22H,9-11,13H2,1-2H3,(H,30,35)/t17-,22+/m1/s1. The number of ketones is 1. The first-order chi connectivity index (χ1) is 17.6. The fourth-order valence-corrected chi connectivity index (χ4v) is 4.68. The summed E-state index contributed by atoms with van der Waals surface area (Å²) in [6.07, 6.45) is -0.103. The third-order valence-electron chi connectivity index (χ3n) is 6.34. The lowest BCUT2D eigenvalue weighted by atomic mass is 10.1. The maximum atomic E-state index is 14.3. The van der Waals surface area contributed by atoms with E-state index in [1.54, 1.807) is 12.1 Å². The molecule has 11 heteroatoms. The fourth-order valence-electron chi connectivity index (χ4n) is 4.48. The number of carbonyl (C=O) groups is 4. The number of hydrogen-bond donors (Lipinski definition) is 1. The van der Waals surface area contributed by atoms with Gasteiger partial charge in [-0.3, -0.25) is 14.4 Å². The van der Waals surface area contributed by atoms with Crippen LogP contribution in [0.3, 0.4) is 0 Å². The molecule has 0 unspecified atom stereocenters. The van der Waals surface area contributed by atoms with Crippen molar-refractivity contribution in [1.29, 1.82) is 0 Å². The molecule has 1 fully saturated rings. The van der Waals surface area contributed by atoms with Crippen molar-refractivity contribution in [2.45, 2.75) is 38.6 Å². The fraction of sp³-hybridized carbons (Fsp3) is 0.308. The Kier molecular flexibility index (Phi) is 7.58. The van der Waals surface area contributed by atoms with Crippen molar-refractivity contribution < 1.29 is 32.7 Å². The molecule has 4 rings (SSSR count). The molecule has 37 heavy (non-hydrogen) atoms. The summed E-state index contributed by atoms with van der Waals surface area (Å²) in [6, 6.07) is 7.92. The third-order valence-corrected chi connectivity index (χ3v) is 6.64. The van der Waals surface area contributed by atoms with Gasteiger partial charge in [0.15, 0.2) is 5.78 Å². The van der Waals surface area contributed by atoms with Crippen LogP contribution in [0.15, 0.2) is 42.6 Å². The molecule has 194 valence electrons. The van der Waals surface area contributed by atoms with Crippen LogP contribution in [0.1, 0.15) is 39.6 Å². The molecule has 2 heterocycles. The number of ether oxygens (including phenoxy) is 1. The van der Waals surface area contributed by atoms with E-state index in [4.69, 9.17) is 16.3 Å². The summed E-state index contributed by atoms with van der Waals surface area (Å²) in [7, 11) is 1.24. The Balaban J connectivity index is 1.54. The number of amides is 2. The highest BCUT2D eigenvalue weighted by molar-refractivity contribution is 6.30. The molecule has 8 nitrogen and oxygen atoms in total. The zero-order valence-corrected chi connectivity index (χ0v) is 20.9. The minimum Gasteiger partial charge on any atom is -0.465 e. The van der Waals surface area contributed by atoms with Gasteiger partial charge in [0.05, 0.1) is 24.2 Å². The molecule has 0 spiro atoms. The van der Waals surface area contributed by atoms with Crippen LogP contribution in [0.25, 0.3) is 10.9 Å². The van der Waals surface area contributed by atoms with E-state index in [-0.39, 0.29) is 48.0 Å². The molecule has 1 saturated heterocycles. The maximum Gasteiger partial charge on any atom is 0.337 e. The van der Waals surface area contributed by atoms with Gasteiger partial charge in [0, 0.05) is 41.2 Å². The predicted octanol–water partition coefficient (Wildman–Crippen LogP) is 3.68. The topological polar surface area (TPSA) is 97.7 Å². The van der Waals surface area contributed by atoms with Gasteiger partial charge in [-0.25, -0.2) is 13.6 Å². The number of fused-ring (bicyclic) bond motifs is 1. The van der Waals surface area contributed by atoms with Crippen LogP contribution in [-0.2, 0) is 27.4 Å². The number of aromatic nitrogens is 1. The molecule has 1 aliphatic rings. The number of hydrogen-bond acceptors (Lipinski definition) is 5. The van der Waals surface area contributed by atoms with E-state index in [2.05, 4.69) is 5.32 Å². The lowest BCUT2D eigenvalue weighted by Crippen LogP contribution is -2.46. The van der Waals surface area contributed by atoms with E-state index in [1.807, 2.05) is 0 Å². The average Bonchev–Trinajstić information content (AvgIpc) is 3.44. The second-order valence-corrected chi connectivity index (χ2v) is 9.18. The molecule has 2 aromatic carbocycles. The smallest absolute Gasteiger partial charge is 0.337 e. The molecule has 2 amide bonds. The monoisotopic (exact) mass is 531 g/mol. The average molecular weight is 532 g/mol. The number of benzene rings is 2. The first kappa shape index (κ1) is 26.3. The van der Waals surface area contributed by atoms with Gasteiger partial charge in [0.2, 0.25) is 11.8 Å². The zero-order chi connectivity index (χ0) is 26.9. The Labute approximate surface area is 216 Å². The van der Waals surface area contributed by atoms with Gasteiger partial charge in [0.25, 0.3) is 0 Å². The van der Waals surface area contributed by atoms with Crippen LogP contribution in [0.5, 0.6) is 0 Å². The van der Waals surface area contributed by atoms with E-state index in [0.717, 1.165) is 4.90 Å². The molecular weight excluding hydrogens is 508 g/mol. The number of likely N-dealkylation sites (tertiary alicyclic amines) is 1. The van der Waals surface area contributed by atoms with Crippen molar-refractivity contribution in [3.05, 3.63) is 70.1 Å². The number of esters is 1. The highest BCUT2D eigenvalue weighted by Crippen LogP contribution is 2.26. The summed E-state index contributed by atoms with van der Waals surface area (Å²) in [5.74, 6) is -2.65. The molecule has 0 bridgehead atoms. The molecular formula is C26H24ClF2N3O5. The second kappa shape index (κ2) is 10.7. The number of rotatable bonds is 7. The Bertz CT molecular complexity index is 1410. The van der Waals surface area contributed by atoms with E-state index < -0.39 is 35.8 Å². The number of nitrogens with zero attached hydrogens (tertiary/aromatic N) is 2. The molecule has 2 atom stereocenters. The van der Waals surface area contributed by atoms with Gasteiger partial charge in [-0.05, 0) is 31.2 Å². The number of alkyl halides is 1. The van der Waals surface area contributed by atoms with Crippen molar-refractivity contribution >= 4 is 46.1 Å². The number of Topliss-reactive ketones (excluding diaryl/α,β-unsaturated/α-hetero) is 1. The van der Waals surface area contributed by atoms with E-state index in [9.17, 15) is 28.0 Å². The van der Waals surface area contributed by atoms with Gasteiger partial charge in [-0.15, -0.1) is 0 Å². The summed E-state index contributed by atoms with van der Waals surface area (Å²) in [4.78, 5) is 51.4. The number of methoxy groups -OCH3 is 1. The van der Waals surface area contributed by atoms with Gasteiger partial charge in [-0.2, -0.15) is 0 Å². The van der Waals surface area contributed by atoms with Gasteiger partial charge < -0.3 is 19.5 Å². The summed E-state index contributed by atoms with van der Waals surface area (Å²) in [6.45, 7) is 0.658.